The van der Waals surface area contributed by atoms with E-state index in [-0.39, 0.29) is 13.2 Å². The van der Waals surface area contributed by atoms with Crippen molar-refractivity contribution in [1.29, 1.82) is 0 Å². The maximum absolute atomic E-state index is 13.1. The van der Waals surface area contributed by atoms with Crippen molar-refractivity contribution >= 4 is 17.1 Å². The van der Waals surface area contributed by atoms with Gasteiger partial charge in [0.15, 0.2) is 11.2 Å². The van der Waals surface area contributed by atoms with E-state index in [1.807, 2.05) is 32.0 Å². The van der Waals surface area contributed by atoms with Crippen molar-refractivity contribution in [3.05, 3.63) is 50.2 Å². The van der Waals surface area contributed by atoms with E-state index in [9.17, 15) is 14.7 Å². The van der Waals surface area contributed by atoms with Crippen LogP contribution in [0.25, 0.3) is 11.2 Å². The van der Waals surface area contributed by atoms with Crippen molar-refractivity contribution in [3.63, 3.8) is 0 Å². The molecule has 0 spiro atoms. The highest BCUT2D eigenvalue weighted by Gasteiger charge is 2.26. The van der Waals surface area contributed by atoms with Gasteiger partial charge in [-0.3, -0.25) is 13.9 Å². The molecule has 0 radical (unpaired) electrons. The van der Waals surface area contributed by atoms with Crippen LogP contribution in [-0.4, -0.2) is 74.1 Å². The number of ether oxygens (including phenoxy) is 1. The molecule has 0 saturated carbocycles. The minimum Gasteiger partial charge on any atom is -0.491 e. The molecule has 3 heterocycles. The second kappa shape index (κ2) is 9.63. The van der Waals surface area contributed by atoms with Crippen LogP contribution >= 0.6 is 0 Å². The highest BCUT2D eigenvalue weighted by molar-refractivity contribution is 5.74. The summed E-state index contributed by atoms with van der Waals surface area (Å²) in [5.74, 6) is 1.28. The molecular formula is C24H34N6O4. The Bertz CT molecular complexity index is 1300. The van der Waals surface area contributed by atoms with Crippen molar-refractivity contribution in [2.75, 3.05) is 44.2 Å². The van der Waals surface area contributed by atoms with Crippen LogP contribution in [0.1, 0.15) is 18.1 Å². The van der Waals surface area contributed by atoms with E-state index in [4.69, 9.17) is 9.72 Å². The predicted molar refractivity (Wildman–Crippen MR) is 132 cm³/mol. The number of fused-ring (bicyclic) bond motifs is 1. The number of aromatic nitrogens is 4. The lowest BCUT2D eigenvalue weighted by molar-refractivity contribution is 0.0935. The van der Waals surface area contributed by atoms with Gasteiger partial charge >= 0.3 is 5.69 Å². The van der Waals surface area contributed by atoms with Crippen LogP contribution in [0.4, 0.5) is 5.95 Å². The summed E-state index contributed by atoms with van der Waals surface area (Å²) in [6.45, 7) is 10.6. The van der Waals surface area contributed by atoms with E-state index in [0.29, 0.717) is 22.9 Å². The van der Waals surface area contributed by atoms with Gasteiger partial charge in [0, 0.05) is 40.3 Å². The van der Waals surface area contributed by atoms with Gasteiger partial charge in [0.1, 0.15) is 18.5 Å². The number of hydrogen-bond donors (Lipinski definition) is 1. The zero-order chi connectivity index (χ0) is 24.6. The Hall–Kier alpha value is -3.11. The van der Waals surface area contributed by atoms with Crippen LogP contribution < -0.4 is 20.9 Å². The number of imidazole rings is 1. The lowest BCUT2D eigenvalue weighted by Crippen LogP contribution is -2.47. The highest BCUT2D eigenvalue weighted by atomic mass is 16.5. The summed E-state index contributed by atoms with van der Waals surface area (Å²) in [6.07, 6.45) is -0.878. The third-order valence-corrected chi connectivity index (χ3v) is 6.74. The first kappa shape index (κ1) is 24.0. The predicted octanol–water partition coefficient (Wildman–Crippen LogP) is 0.632. The summed E-state index contributed by atoms with van der Waals surface area (Å²) in [5, 5.41) is 10.9. The summed E-state index contributed by atoms with van der Waals surface area (Å²) in [4.78, 5) is 34.8. The number of piperazine rings is 1. The zero-order valence-electron chi connectivity index (χ0n) is 20.6. The van der Waals surface area contributed by atoms with Crippen molar-refractivity contribution in [1.82, 2.24) is 23.6 Å². The van der Waals surface area contributed by atoms with E-state index in [0.717, 1.165) is 42.9 Å². The smallest absolute Gasteiger partial charge is 0.332 e. The Morgan fingerprint density at radius 1 is 1.06 bits per heavy atom. The van der Waals surface area contributed by atoms with Gasteiger partial charge < -0.3 is 24.2 Å². The minimum absolute atomic E-state index is 0.0668. The average Bonchev–Trinajstić information content (AvgIpc) is 3.21. The van der Waals surface area contributed by atoms with E-state index in [1.54, 1.807) is 11.6 Å². The normalized spacial score (nSPS) is 15.8. The van der Waals surface area contributed by atoms with Gasteiger partial charge in [0.25, 0.3) is 5.56 Å². The molecule has 34 heavy (non-hydrogen) atoms. The van der Waals surface area contributed by atoms with E-state index < -0.39 is 17.4 Å². The standard InChI is InChI=1S/C24H34N6O4/c1-6-28-9-11-29(12-10-28)23-25-21-20(22(32)27(5)24(33)26(21)4)30(23)14-18(31)15-34-19-8-7-16(2)17(3)13-19/h7-8,13,18,31H,6,9-12,14-15H2,1-5H3. The number of aryl methyl sites for hydroxylation is 3. The second-order valence-corrected chi connectivity index (χ2v) is 9.03. The second-order valence-electron chi connectivity index (χ2n) is 9.03. The Balaban J connectivity index is 1.67. The quantitative estimate of drug-likeness (QED) is 0.541. The summed E-state index contributed by atoms with van der Waals surface area (Å²) in [5.41, 5.74) is 2.07. The van der Waals surface area contributed by atoms with Crippen LogP contribution in [0.3, 0.4) is 0 Å². The largest absolute Gasteiger partial charge is 0.491 e. The molecule has 1 atom stereocenters. The fraction of sp³-hybridized carbons (Fsp3) is 0.542. The first-order valence-electron chi connectivity index (χ1n) is 11.7. The molecule has 0 aliphatic carbocycles. The molecule has 10 nitrogen and oxygen atoms in total. The number of likely N-dealkylation sites (N-methyl/N-ethyl adjacent to an activating group) is 1. The molecule has 1 saturated heterocycles. The number of anilines is 1. The molecule has 3 aromatic rings. The van der Waals surface area contributed by atoms with E-state index in [2.05, 4.69) is 16.7 Å². The molecule has 1 fully saturated rings. The molecule has 1 N–H and O–H groups in total. The molecule has 1 aromatic carbocycles. The lowest BCUT2D eigenvalue weighted by atomic mass is 10.1. The van der Waals surface area contributed by atoms with Crippen LogP contribution in [-0.2, 0) is 20.6 Å². The van der Waals surface area contributed by atoms with Gasteiger partial charge in [-0.05, 0) is 43.7 Å². The van der Waals surface area contributed by atoms with Gasteiger partial charge in [0.05, 0.1) is 6.54 Å². The Morgan fingerprint density at radius 3 is 2.41 bits per heavy atom. The maximum Gasteiger partial charge on any atom is 0.332 e. The molecular weight excluding hydrogens is 436 g/mol. The summed E-state index contributed by atoms with van der Waals surface area (Å²) in [6, 6.07) is 5.81. The van der Waals surface area contributed by atoms with Crippen molar-refractivity contribution < 1.29 is 9.84 Å². The summed E-state index contributed by atoms with van der Waals surface area (Å²) < 4.78 is 10.0. The molecule has 1 aliphatic rings. The molecule has 4 rings (SSSR count). The van der Waals surface area contributed by atoms with Crippen molar-refractivity contribution in [3.8, 4) is 5.75 Å². The summed E-state index contributed by atoms with van der Waals surface area (Å²) >= 11 is 0. The van der Waals surface area contributed by atoms with Gasteiger partial charge in [0.2, 0.25) is 5.95 Å². The molecule has 0 amide bonds. The molecule has 10 heteroatoms. The molecule has 184 valence electrons. The van der Waals surface area contributed by atoms with Crippen LogP contribution in [0, 0.1) is 13.8 Å². The molecule has 1 aliphatic heterocycles. The Kier molecular flexibility index (Phi) is 6.81. The maximum atomic E-state index is 13.1. The SMILES string of the molecule is CCN1CCN(c2nc3c(c(=O)n(C)c(=O)n3C)n2CC(O)COc2ccc(C)c(C)c2)CC1. The van der Waals surface area contributed by atoms with Gasteiger partial charge in [-0.15, -0.1) is 0 Å². The van der Waals surface area contributed by atoms with Crippen molar-refractivity contribution in [2.24, 2.45) is 14.1 Å². The van der Waals surface area contributed by atoms with Crippen molar-refractivity contribution in [2.45, 2.75) is 33.4 Å². The number of rotatable bonds is 7. The third-order valence-electron chi connectivity index (χ3n) is 6.74. The molecule has 2 aromatic heterocycles. The number of hydrogen-bond acceptors (Lipinski definition) is 7. The minimum atomic E-state index is -0.878. The lowest BCUT2D eigenvalue weighted by Gasteiger charge is -2.35. The fourth-order valence-corrected chi connectivity index (χ4v) is 4.37. The van der Waals surface area contributed by atoms with Crippen LogP contribution in [0.5, 0.6) is 5.75 Å². The van der Waals surface area contributed by atoms with E-state index >= 15 is 0 Å². The monoisotopic (exact) mass is 470 g/mol. The van der Waals surface area contributed by atoms with Gasteiger partial charge in [-0.25, -0.2) is 4.79 Å². The number of nitrogens with zero attached hydrogens (tertiary/aromatic N) is 6. The first-order chi connectivity index (χ1) is 16.2. The highest BCUT2D eigenvalue weighted by Crippen LogP contribution is 2.22. The number of aliphatic hydroxyl groups excluding tert-OH is 1. The third kappa shape index (κ3) is 4.47. The van der Waals surface area contributed by atoms with E-state index in [1.165, 1.54) is 17.2 Å². The number of aliphatic hydroxyl groups is 1. The summed E-state index contributed by atoms with van der Waals surface area (Å²) in [7, 11) is 3.07. The molecule has 1 unspecified atom stereocenters. The van der Waals surface area contributed by atoms with Gasteiger partial charge in [-0.2, -0.15) is 4.98 Å². The fourth-order valence-electron chi connectivity index (χ4n) is 4.37. The topological polar surface area (TPSA) is 97.8 Å². The Morgan fingerprint density at radius 2 is 1.76 bits per heavy atom. The zero-order valence-corrected chi connectivity index (χ0v) is 20.6. The molecule has 0 bridgehead atoms. The Labute approximate surface area is 198 Å². The van der Waals surface area contributed by atoms with Crippen LogP contribution in [0.2, 0.25) is 0 Å². The number of benzene rings is 1. The average molecular weight is 471 g/mol. The first-order valence-corrected chi connectivity index (χ1v) is 11.7. The van der Waals surface area contributed by atoms with Gasteiger partial charge in [-0.1, -0.05) is 13.0 Å². The van der Waals surface area contributed by atoms with Crippen LogP contribution in [0.15, 0.2) is 27.8 Å².